The van der Waals surface area contributed by atoms with Crippen LogP contribution < -0.4 is 4.90 Å². The summed E-state index contributed by atoms with van der Waals surface area (Å²) in [5.41, 5.74) is 0.106. The predicted molar refractivity (Wildman–Crippen MR) is 63.5 cm³/mol. The van der Waals surface area contributed by atoms with E-state index in [4.69, 9.17) is 9.84 Å². The molecule has 1 rings (SSSR count). The van der Waals surface area contributed by atoms with Crippen molar-refractivity contribution in [1.82, 2.24) is 4.98 Å². The van der Waals surface area contributed by atoms with Gasteiger partial charge in [0.25, 0.3) is 0 Å². The van der Waals surface area contributed by atoms with Gasteiger partial charge in [0.15, 0.2) is 10.8 Å². The zero-order valence-electron chi connectivity index (χ0n) is 9.47. The SMILES string of the molecule is CCOCCN(CC)c1nc(C(=O)O)cs1. The van der Waals surface area contributed by atoms with E-state index in [0.29, 0.717) is 13.2 Å². The normalized spacial score (nSPS) is 10.4. The molecule has 0 aromatic carbocycles. The number of aromatic carboxylic acids is 1. The quantitative estimate of drug-likeness (QED) is 0.740. The molecule has 0 saturated carbocycles. The van der Waals surface area contributed by atoms with Crippen molar-refractivity contribution < 1.29 is 14.6 Å². The van der Waals surface area contributed by atoms with Gasteiger partial charge in [0.1, 0.15) is 0 Å². The first-order valence-electron chi connectivity index (χ1n) is 5.20. The molecule has 1 aromatic heterocycles. The zero-order chi connectivity index (χ0) is 12.0. The first kappa shape index (κ1) is 12.9. The smallest absolute Gasteiger partial charge is 0.355 e. The summed E-state index contributed by atoms with van der Waals surface area (Å²) in [6.45, 7) is 6.80. The summed E-state index contributed by atoms with van der Waals surface area (Å²) in [5, 5.41) is 11.1. The van der Waals surface area contributed by atoms with E-state index in [0.717, 1.165) is 18.2 Å². The van der Waals surface area contributed by atoms with Gasteiger partial charge in [0.2, 0.25) is 0 Å². The van der Waals surface area contributed by atoms with Gasteiger partial charge in [-0.1, -0.05) is 0 Å². The fourth-order valence-corrected chi connectivity index (χ4v) is 2.11. The molecule has 0 unspecified atom stereocenters. The number of aromatic nitrogens is 1. The monoisotopic (exact) mass is 244 g/mol. The summed E-state index contributed by atoms with van der Waals surface area (Å²) in [6.07, 6.45) is 0. The maximum atomic E-state index is 10.7. The van der Waals surface area contributed by atoms with E-state index in [-0.39, 0.29) is 5.69 Å². The fraction of sp³-hybridized carbons (Fsp3) is 0.600. The van der Waals surface area contributed by atoms with Gasteiger partial charge in [-0.05, 0) is 13.8 Å². The molecule has 0 aliphatic rings. The zero-order valence-corrected chi connectivity index (χ0v) is 10.3. The van der Waals surface area contributed by atoms with Gasteiger partial charge < -0.3 is 14.7 Å². The Morgan fingerprint density at radius 3 is 2.88 bits per heavy atom. The lowest BCUT2D eigenvalue weighted by Crippen LogP contribution is -2.27. The van der Waals surface area contributed by atoms with E-state index in [1.165, 1.54) is 11.3 Å². The second-order valence-corrected chi connectivity index (χ2v) is 3.93. The molecule has 0 saturated heterocycles. The molecule has 1 aromatic rings. The Morgan fingerprint density at radius 2 is 2.38 bits per heavy atom. The molecule has 90 valence electrons. The molecule has 0 spiro atoms. The lowest BCUT2D eigenvalue weighted by Gasteiger charge is -2.19. The molecule has 16 heavy (non-hydrogen) atoms. The van der Waals surface area contributed by atoms with Crippen LogP contribution in [0.2, 0.25) is 0 Å². The van der Waals surface area contributed by atoms with Gasteiger partial charge in [0.05, 0.1) is 6.61 Å². The summed E-state index contributed by atoms with van der Waals surface area (Å²) >= 11 is 1.35. The molecule has 6 heteroatoms. The number of ether oxygens (including phenoxy) is 1. The highest BCUT2D eigenvalue weighted by Crippen LogP contribution is 2.20. The number of carboxylic acid groups (broad SMARTS) is 1. The van der Waals surface area contributed by atoms with E-state index >= 15 is 0 Å². The van der Waals surface area contributed by atoms with Gasteiger partial charge in [-0.25, -0.2) is 9.78 Å². The highest BCUT2D eigenvalue weighted by molar-refractivity contribution is 7.13. The van der Waals surface area contributed by atoms with Crippen molar-refractivity contribution in [2.75, 3.05) is 31.2 Å². The second kappa shape index (κ2) is 6.44. The van der Waals surface area contributed by atoms with Crippen molar-refractivity contribution in [3.63, 3.8) is 0 Å². The maximum Gasteiger partial charge on any atom is 0.355 e. The Kier molecular flexibility index (Phi) is 5.21. The van der Waals surface area contributed by atoms with Gasteiger partial charge >= 0.3 is 5.97 Å². The largest absolute Gasteiger partial charge is 0.476 e. The highest BCUT2D eigenvalue weighted by atomic mass is 32.1. The Morgan fingerprint density at radius 1 is 1.62 bits per heavy atom. The number of carbonyl (C=O) groups is 1. The third-order valence-corrected chi connectivity index (χ3v) is 2.97. The average Bonchev–Trinajstić information content (AvgIpc) is 2.74. The summed E-state index contributed by atoms with van der Waals surface area (Å²) in [6, 6.07) is 0. The Labute approximate surface area is 98.7 Å². The number of carboxylic acids is 1. The number of thiazole rings is 1. The van der Waals surface area contributed by atoms with Crippen LogP contribution in [0.25, 0.3) is 0 Å². The van der Waals surface area contributed by atoms with Gasteiger partial charge in [-0.15, -0.1) is 11.3 Å². The average molecular weight is 244 g/mol. The van der Waals surface area contributed by atoms with Gasteiger partial charge in [-0.3, -0.25) is 0 Å². The molecule has 0 fully saturated rings. The van der Waals surface area contributed by atoms with Crippen molar-refractivity contribution in [2.45, 2.75) is 13.8 Å². The molecule has 0 aliphatic heterocycles. The third kappa shape index (κ3) is 3.46. The molecule has 0 aliphatic carbocycles. The molecular formula is C10H16N2O3S. The van der Waals surface area contributed by atoms with Crippen LogP contribution in [0, 0.1) is 0 Å². The van der Waals surface area contributed by atoms with Gasteiger partial charge in [-0.2, -0.15) is 0 Å². The van der Waals surface area contributed by atoms with E-state index in [1.54, 1.807) is 5.38 Å². The molecule has 0 bridgehead atoms. The van der Waals surface area contributed by atoms with E-state index < -0.39 is 5.97 Å². The second-order valence-electron chi connectivity index (χ2n) is 3.10. The molecule has 0 radical (unpaired) electrons. The lowest BCUT2D eigenvalue weighted by molar-refractivity contribution is 0.0691. The van der Waals surface area contributed by atoms with E-state index in [9.17, 15) is 4.79 Å². The Hall–Kier alpha value is -1.14. The van der Waals surface area contributed by atoms with E-state index in [2.05, 4.69) is 4.98 Å². The highest BCUT2D eigenvalue weighted by Gasteiger charge is 2.12. The van der Waals surface area contributed by atoms with Crippen molar-refractivity contribution in [3.05, 3.63) is 11.1 Å². The molecule has 0 atom stereocenters. The minimum Gasteiger partial charge on any atom is -0.476 e. The summed E-state index contributed by atoms with van der Waals surface area (Å²) in [4.78, 5) is 16.7. The van der Waals surface area contributed by atoms with Crippen molar-refractivity contribution >= 4 is 22.4 Å². The van der Waals surface area contributed by atoms with Crippen LogP contribution in [0.3, 0.4) is 0 Å². The number of likely N-dealkylation sites (N-methyl/N-ethyl adjacent to an activating group) is 1. The fourth-order valence-electron chi connectivity index (χ4n) is 1.22. The summed E-state index contributed by atoms with van der Waals surface area (Å²) in [7, 11) is 0. The summed E-state index contributed by atoms with van der Waals surface area (Å²) in [5.74, 6) is -0.983. The Bertz CT molecular complexity index is 341. The first-order chi connectivity index (χ1) is 7.69. The minimum atomic E-state index is -0.983. The van der Waals surface area contributed by atoms with Gasteiger partial charge in [0, 0.05) is 25.1 Å². The minimum absolute atomic E-state index is 0.106. The van der Waals surface area contributed by atoms with Crippen molar-refractivity contribution in [3.8, 4) is 0 Å². The predicted octanol–water partition coefficient (Wildman–Crippen LogP) is 1.70. The molecule has 0 amide bonds. The molecule has 5 nitrogen and oxygen atoms in total. The number of rotatable bonds is 7. The number of nitrogens with zero attached hydrogens (tertiary/aromatic N) is 2. The van der Waals surface area contributed by atoms with Crippen LogP contribution in [-0.2, 0) is 4.74 Å². The lowest BCUT2D eigenvalue weighted by atomic mass is 10.5. The molecular weight excluding hydrogens is 228 g/mol. The van der Waals surface area contributed by atoms with Crippen molar-refractivity contribution in [1.29, 1.82) is 0 Å². The van der Waals surface area contributed by atoms with Crippen LogP contribution in [0.15, 0.2) is 5.38 Å². The van der Waals surface area contributed by atoms with Crippen molar-refractivity contribution in [2.24, 2.45) is 0 Å². The van der Waals surface area contributed by atoms with Crippen LogP contribution in [0.4, 0.5) is 5.13 Å². The van der Waals surface area contributed by atoms with Crippen LogP contribution in [-0.4, -0.2) is 42.4 Å². The maximum absolute atomic E-state index is 10.7. The third-order valence-electron chi connectivity index (χ3n) is 2.07. The Balaban J connectivity index is 2.60. The number of anilines is 1. The first-order valence-corrected chi connectivity index (χ1v) is 6.08. The standard InChI is InChI=1S/C10H16N2O3S/c1-3-12(5-6-15-4-2)10-11-8(7-16-10)9(13)14/h7H,3-6H2,1-2H3,(H,13,14). The van der Waals surface area contributed by atoms with Crippen LogP contribution in [0.5, 0.6) is 0 Å². The topological polar surface area (TPSA) is 62.7 Å². The molecule has 1 N–H and O–H groups in total. The number of hydrogen-bond donors (Lipinski definition) is 1. The van der Waals surface area contributed by atoms with Crippen LogP contribution >= 0.6 is 11.3 Å². The molecule has 1 heterocycles. The number of hydrogen-bond acceptors (Lipinski definition) is 5. The van der Waals surface area contributed by atoms with E-state index in [1.807, 2.05) is 18.7 Å². The van der Waals surface area contributed by atoms with Crippen LogP contribution in [0.1, 0.15) is 24.3 Å². The summed E-state index contributed by atoms with van der Waals surface area (Å²) < 4.78 is 5.26.